The van der Waals surface area contributed by atoms with Gasteiger partial charge in [0.1, 0.15) is 11.6 Å². The number of nitrogens with zero attached hydrogens (tertiary/aromatic N) is 3. The van der Waals surface area contributed by atoms with Crippen molar-refractivity contribution >= 4 is 18.0 Å². The fraction of sp³-hybridized carbons (Fsp3) is 0.235. The van der Waals surface area contributed by atoms with Crippen molar-refractivity contribution in [1.82, 2.24) is 5.43 Å². The highest BCUT2D eigenvalue weighted by atomic mass is 19.1. The first-order valence-corrected chi connectivity index (χ1v) is 7.46. The standard InChI is InChI=1S/C17H17FN4O2/c1-3-22(4-2)16-8-6-13(24-16)11-20-21-17(23)14-7-5-12(10-19)9-15(14)18/h5-9,11H,3-4H2,1-2H3,(H,21,23)/b20-11-. The van der Waals surface area contributed by atoms with E-state index < -0.39 is 11.7 Å². The Bertz CT molecular complexity index is 788. The van der Waals surface area contributed by atoms with E-state index in [9.17, 15) is 9.18 Å². The average Bonchev–Trinajstić information content (AvgIpc) is 3.04. The fourth-order valence-corrected chi connectivity index (χ4v) is 2.10. The van der Waals surface area contributed by atoms with Gasteiger partial charge in [-0.15, -0.1) is 0 Å². The Morgan fingerprint density at radius 2 is 2.12 bits per heavy atom. The molecule has 0 aliphatic carbocycles. The summed E-state index contributed by atoms with van der Waals surface area (Å²) in [7, 11) is 0. The van der Waals surface area contributed by atoms with E-state index >= 15 is 0 Å². The molecule has 1 amide bonds. The van der Waals surface area contributed by atoms with Crippen LogP contribution in [-0.2, 0) is 0 Å². The highest BCUT2D eigenvalue weighted by molar-refractivity contribution is 5.95. The van der Waals surface area contributed by atoms with E-state index in [0.717, 1.165) is 19.2 Å². The monoisotopic (exact) mass is 328 g/mol. The van der Waals surface area contributed by atoms with Crippen LogP contribution in [0.3, 0.4) is 0 Å². The van der Waals surface area contributed by atoms with E-state index in [0.29, 0.717) is 11.6 Å². The second-order valence-electron chi connectivity index (χ2n) is 4.85. The Morgan fingerprint density at radius 1 is 1.38 bits per heavy atom. The normalized spacial score (nSPS) is 10.6. The van der Waals surface area contributed by atoms with Gasteiger partial charge >= 0.3 is 0 Å². The van der Waals surface area contributed by atoms with Crippen LogP contribution in [0.15, 0.2) is 39.9 Å². The molecule has 0 saturated carbocycles. The Hall–Kier alpha value is -3.14. The summed E-state index contributed by atoms with van der Waals surface area (Å²) in [6.45, 7) is 5.67. The number of hydrogen-bond acceptors (Lipinski definition) is 5. The molecule has 124 valence electrons. The van der Waals surface area contributed by atoms with E-state index in [1.807, 2.05) is 24.8 Å². The van der Waals surface area contributed by atoms with E-state index in [1.165, 1.54) is 18.3 Å². The van der Waals surface area contributed by atoms with Crippen LogP contribution in [0.4, 0.5) is 10.3 Å². The lowest BCUT2D eigenvalue weighted by Crippen LogP contribution is -2.21. The van der Waals surface area contributed by atoms with Gasteiger partial charge in [0.2, 0.25) is 0 Å². The summed E-state index contributed by atoms with van der Waals surface area (Å²) in [5, 5.41) is 12.4. The number of carbonyl (C=O) groups is 1. The minimum atomic E-state index is -0.774. The van der Waals surface area contributed by atoms with Crippen molar-refractivity contribution < 1.29 is 13.6 Å². The van der Waals surface area contributed by atoms with Gasteiger partial charge in [-0.05, 0) is 38.1 Å². The first-order valence-electron chi connectivity index (χ1n) is 7.46. The average molecular weight is 328 g/mol. The maximum absolute atomic E-state index is 13.7. The highest BCUT2D eigenvalue weighted by Gasteiger charge is 2.11. The molecule has 0 unspecified atom stereocenters. The van der Waals surface area contributed by atoms with Gasteiger partial charge in [0.15, 0.2) is 5.88 Å². The summed E-state index contributed by atoms with van der Waals surface area (Å²) >= 11 is 0. The van der Waals surface area contributed by atoms with Crippen LogP contribution in [0.2, 0.25) is 0 Å². The number of furan rings is 1. The van der Waals surface area contributed by atoms with Crippen LogP contribution < -0.4 is 10.3 Å². The molecule has 0 fully saturated rings. The molecule has 2 aromatic rings. The number of nitriles is 1. The summed E-state index contributed by atoms with van der Waals surface area (Å²) in [5.74, 6) is -0.296. The number of rotatable bonds is 6. The van der Waals surface area contributed by atoms with Gasteiger partial charge < -0.3 is 9.32 Å². The second kappa shape index (κ2) is 7.92. The maximum atomic E-state index is 13.7. The lowest BCUT2D eigenvalue weighted by molar-refractivity contribution is 0.0951. The van der Waals surface area contributed by atoms with Gasteiger partial charge in [-0.25, -0.2) is 9.82 Å². The number of hydrazone groups is 1. The lowest BCUT2D eigenvalue weighted by Gasteiger charge is -2.16. The van der Waals surface area contributed by atoms with Crippen molar-refractivity contribution in [2.24, 2.45) is 5.10 Å². The van der Waals surface area contributed by atoms with E-state index in [2.05, 4.69) is 10.5 Å². The number of benzene rings is 1. The molecule has 24 heavy (non-hydrogen) atoms. The van der Waals surface area contributed by atoms with Gasteiger partial charge in [0.05, 0.1) is 23.4 Å². The molecule has 0 bridgehead atoms. The van der Waals surface area contributed by atoms with E-state index in [4.69, 9.17) is 9.68 Å². The predicted octanol–water partition coefficient (Wildman–Crippen LogP) is 2.90. The van der Waals surface area contributed by atoms with Crippen molar-refractivity contribution in [1.29, 1.82) is 5.26 Å². The fourth-order valence-electron chi connectivity index (χ4n) is 2.10. The van der Waals surface area contributed by atoms with Crippen LogP contribution in [-0.4, -0.2) is 25.2 Å². The number of amides is 1. The number of carbonyl (C=O) groups excluding carboxylic acids is 1. The summed E-state index contributed by atoms with van der Waals surface area (Å²) in [6.07, 6.45) is 1.34. The first kappa shape index (κ1) is 17.2. The minimum absolute atomic E-state index is 0.145. The quantitative estimate of drug-likeness (QED) is 0.653. The molecule has 1 N–H and O–H groups in total. The largest absolute Gasteiger partial charge is 0.440 e. The van der Waals surface area contributed by atoms with Gasteiger partial charge in [0.25, 0.3) is 5.91 Å². The molecular weight excluding hydrogens is 311 g/mol. The van der Waals surface area contributed by atoms with Crippen molar-refractivity contribution in [3.05, 3.63) is 53.0 Å². The molecule has 0 radical (unpaired) electrons. The summed E-state index contributed by atoms with van der Waals surface area (Å²) in [5.41, 5.74) is 2.19. The van der Waals surface area contributed by atoms with Crippen LogP contribution in [0.5, 0.6) is 0 Å². The molecule has 0 aliphatic heterocycles. The molecule has 1 aromatic heterocycles. The Labute approximate surface area is 139 Å². The molecule has 0 aliphatic rings. The zero-order valence-corrected chi connectivity index (χ0v) is 13.4. The maximum Gasteiger partial charge on any atom is 0.274 e. The zero-order chi connectivity index (χ0) is 17.5. The van der Waals surface area contributed by atoms with Crippen LogP contribution >= 0.6 is 0 Å². The predicted molar refractivity (Wildman–Crippen MR) is 88.4 cm³/mol. The van der Waals surface area contributed by atoms with Crippen molar-refractivity contribution in [3.8, 4) is 6.07 Å². The molecule has 1 heterocycles. The molecule has 6 nitrogen and oxygen atoms in total. The smallest absolute Gasteiger partial charge is 0.274 e. The third-order valence-electron chi connectivity index (χ3n) is 3.39. The molecule has 0 atom stereocenters. The third kappa shape index (κ3) is 3.98. The van der Waals surface area contributed by atoms with Crippen LogP contribution in [0.1, 0.15) is 35.5 Å². The van der Waals surface area contributed by atoms with Crippen molar-refractivity contribution in [3.63, 3.8) is 0 Å². The second-order valence-corrected chi connectivity index (χ2v) is 4.85. The number of halogens is 1. The van der Waals surface area contributed by atoms with Gasteiger partial charge in [-0.3, -0.25) is 4.79 Å². The molecular formula is C17H17FN4O2. The van der Waals surface area contributed by atoms with Crippen LogP contribution in [0, 0.1) is 17.1 Å². The van der Waals surface area contributed by atoms with Crippen LogP contribution in [0.25, 0.3) is 0 Å². The van der Waals surface area contributed by atoms with E-state index in [1.54, 1.807) is 12.1 Å². The molecule has 7 heteroatoms. The third-order valence-corrected chi connectivity index (χ3v) is 3.39. The van der Waals surface area contributed by atoms with E-state index in [-0.39, 0.29) is 11.1 Å². The topological polar surface area (TPSA) is 81.6 Å². The minimum Gasteiger partial charge on any atom is -0.440 e. The van der Waals surface area contributed by atoms with Crippen molar-refractivity contribution in [2.45, 2.75) is 13.8 Å². The van der Waals surface area contributed by atoms with Gasteiger partial charge in [0, 0.05) is 19.2 Å². The zero-order valence-electron chi connectivity index (χ0n) is 13.4. The summed E-state index contributed by atoms with van der Waals surface area (Å²) in [4.78, 5) is 13.9. The Kier molecular flexibility index (Phi) is 5.68. The molecule has 0 saturated heterocycles. The van der Waals surface area contributed by atoms with Crippen molar-refractivity contribution in [2.75, 3.05) is 18.0 Å². The SMILES string of the molecule is CCN(CC)c1ccc(/C=N\NC(=O)c2ccc(C#N)cc2F)o1. The van der Waals surface area contributed by atoms with Gasteiger partial charge in [-0.1, -0.05) is 0 Å². The number of nitrogens with one attached hydrogen (secondary N) is 1. The molecule has 0 spiro atoms. The summed E-state index contributed by atoms with van der Waals surface area (Å²) in [6, 6.07) is 8.95. The van der Waals surface area contributed by atoms with Gasteiger partial charge in [-0.2, -0.15) is 10.4 Å². The first-order chi connectivity index (χ1) is 11.6. The molecule has 2 rings (SSSR count). The highest BCUT2D eigenvalue weighted by Crippen LogP contribution is 2.17. The molecule has 1 aromatic carbocycles. The number of anilines is 1. The lowest BCUT2D eigenvalue weighted by atomic mass is 10.1. The Balaban J connectivity index is 2.01. The summed E-state index contributed by atoms with van der Waals surface area (Å²) < 4.78 is 19.3. The Morgan fingerprint density at radius 3 is 2.75 bits per heavy atom. The number of hydrogen-bond donors (Lipinski definition) is 1.